The predicted molar refractivity (Wildman–Crippen MR) is 91.2 cm³/mol. The minimum absolute atomic E-state index is 0.000414. The number of amides is 1. The zero-order chi connectivity index (χ0) is 17.0. The average molecular weight is 315 g/mol. The van der Waals surface area contributed by atoms with E-state index in [-0.39, 0.29) is 11.3 Å². The smallest absolute Gasteiger partial charge is 0.239 e. The molecule has 0 radical (unpaired) electrons. The van der Waals surface area contributed by atoms with Gasteiger partial charge in [-0.2, -0.15) is 5.10 Å². The summed E-state index contributed by atoms with van der Waals surface area (Å²) < 4.78 is 0. The molecule has 0 atom stereocenters. The summed E-state index contributed by atoms with van der Waals surface area (Å²) >= 11 is 0. The van der Waals surface area contributed by atoms with Gasteiger partial charge in [0.2, 0.25) is 5.91 Å². The molecule has 0 aliphatic heterocycles. The van der Waals surface area contributed by atoms with Gasteiger partial charge in [0.1, 0.15) is 5.82 Å². The molecule has 2 heterocycles. The molecule has 0 spiro atoms. The largest absolute Gasteiger partial charge is 0.310 e. The van der Waals surface area contributed by atoms with Crippen LogP contribution in [0.15, 0.2) is 24.4 Å². The van der Waals surface area contributed by atoms with Crippen molar-refractivity contribution < 1.29 is 4.79 Å². The highest BCUT2D eigenvalue weighted by atomic mass is 16.2. The third-order valence-electron chi connectivity index (χ3n) is 3.48. The summed E-state index contributed by atoms with van der Waals surface area (Å²) in [4.78, 5) is 18.4. The van der Waals surface area contributed by atoms with E-state index in [9.17, 15) is 4.79 Å². The summed E-state index contributed by atoms with van der Waals surface area (Å²) in [5.41, 5.74) is 3.09. The Morgan fingerprint density at radius 2 is 2.09 bits per heavy atom. The first kappa shape index (κ1) is 17.1. The zero-order valence-electron chi connectivity index (χ0n) is 14.5. The van der Waals surface area contributed by atoms with E-state index in [0.717, 1.165) is 17.0 Å². The van der Waals surface area contributed by atoms with Crippen LogP contribution in [0.5, 0.6) is 0 Å². The second kappa shape index (κ2) is 6.91. The lowest BCUT2D eigenvalue weighted by molar-refractivity contribution is -0.117. The Balaban J connectivity index is 1.93. The van der Waals surface area contributed by atoms with Gasteiger partial charge in [-0.3, -0.25) is 14.8 Å². The predicted octanol–water partition coefficient (Wildman–Crippen LogP) is 2.48. The Bertz CT molecular complexity index is 672. The molecule has 0 saturated carbocycles. The van der Waals surface area contributed by atoms with Gasteiger partial charge in [0.15, 0.2) is 0 Å². The van der Waals surface area contributed by atoms with Crippen LogP contribution in [0.25, 0.3) is 0 Å². The third-order valence-corrected chi connectivity index (χ3v) is 3.48. The summed E-state index contributed by atoms with van der Waals surface area (Å²) in [6.45, 7) is 9.28. The lowest BCUT2D eigenvalue weighted by atomic mass is 9.89. The first-order valence-electron chi connectivity index (χ1n) is 7.70. The summed E-state index contributed by atoms with van der Waals surface area (Å²) in [7, 11) is 1.92. The second-order valence-corrected chi connectivity index (χ2v) is 6.90. The molecule has 1 amide bonds. The highest BCUT2D eigenvalue weighted by molar-refractivity contribution is 5.91. The number of aromatic amines is 1. The molecule has 2 aromatic heterocycles. The van der Waals surface area contributed by atoms with Gasteiger partial charge in [0, 0.05) is 28.9 Å². The normalized spacial score (nSPS) is 11.7. The molecule has 0 bridgehead atoms. The molecular weight excluding hydrogens is 290 g/mol. The van der Waals surface area contributed by atoms with E-state index in [1.165, 1.54) is 0 Å². The molecule has 6 heteroatoms. The SMILES string of the molecule is Cc1cccc(NC(=O)CN(C)Cc2cn[nH]c2C(C)(C)C)n1. The topological polar surface area (TPSA) is 73.9 Å². The number of hydrogen-bond acceptors (Lipinski definition) is 4. The fraction of sp³-hybridized carbons (Fsp3) is 0.471. The molecule has 0 aliphatic carbocycles. The number of hydrogen-bond donors (Lipinski definition) is 2. The second-order valence-electron chi connectivity index (χ2n) is 6.90. The Hall–Kier alpha value is -2.21. The highest BCUT2D eigenvalue weighted by Gasteiger charge is 2.21. The van der Waals surface area contributed by atoms with Crippen molar-refractivity contribution in [3.05, 3.63) is 41.3 Å². The van der Waals surface area contributed by atoms with Crippen LogP contribution in [-0.4, -0.2) is 39.6 Å². The fourth-order valence-electron chi connectivity index (χ4n) is 2.47. The number of nitrogens with zero attached hydrogens (tertiary/aromatic N) is 3. The van der Waals surface area contributed by atoms with E-state index >= 15 is 0 Å². The summed E-state index contributed by atoms with van der Waals surface area (Å²) in [5.74, 6) is 0.508. The fourth-order valence-corrected chi connectivity index (χ4v) is 2.47. The number of carbonyl (C=O) groups excluding carboxylic acids is 1. The van der Waals surface area contributed by atoms with Crippen LogP contribution >= 0.6 is 0 Å². The number of rotatable bonds is 5. The molecule has 0 aliphatic rings. The van der Waals surface area contributed by atoms with Crippen molar-refractivity contribution in [2.24, 2.45) is 0 Å². The summed E-state index contributed by atoms with van der Waals surface area (Å²) in [5, 5.41) is 10.0. The standard InChI is InChI=1S/C17H25N5O/c1-12-7-6-8-14(19-12)20-15(23)11-22(5)10-13-9-18-21-16(13)17(2,3)4/h6-9H,10-11H2,1-5H3,(H,18,21)(H,19,20,23). The van der Waals surface area contributed by atoms with E-state index in [0.29, 0.717) is 18.9 Å². The van der Waals surface area contributed by atoms with Crippen LogP contribution in [0.4, 0.5) is 5.82 Å². The number of likely N-dealkylation sites (N-methyl/N-ethyl adjacent to an activating group) is 1. The van der Waals surface area contributed by atoms with E-state index in [1.807, 2.05) is 37.2 Å². The Morgan fingerprint density at radius 1 is 1.35 bits per heavy atom. The van der Waals surface area contributed by atoms with E-state index in [1.54, 1.807) is 6.07 Å². The maximum atomic E-state index is 12.1. The number of aromatic nitrogens is 3. The Kier molecular flexibility index (Phi) is 5.15. The molecule has 0 aromatic carbocycles. The van der Waals surface area contributed by atoms with E-state index < -0.39 is 0 Å². The van der Waals surface area contributed by atoms with Crippen molar-refractivity contribution in [3.8, 4) is 0 Å². The maximum absolute atomic E-state index is 12.1. The van der Waals surface area contributed by atoms with E-state index in [4.69, 9.17) is 0 Å². The first-order valence-corrected chi connectivity index (χ1v) is 7.70. The monoisotopic (exact) mass is 315 g/mol. The quantitative estimate of drug-likeness (QED) is 0.889. The van der Waals surface area contributed by atoms with Crippen LogP contribution in [0.1, 0.15) is 37.7 Å². The van der Waals surface area contributed by atoms with Gasteiger partial charge in [-0.05, 0) is 26.1 Å². The van der Waals surface area contributed by atoms with Gasteiger partial charge in [0.05, 0.1) is 12.7 Å². The molecule has 2 N–H and O–H groups in total. The van der Waals surface area contributed by atoms with Crippen LogP contribution in [0.3, 0.4) is 0 Å². The molecule has 0 fully saturated rings. The van der Waals surface area contributed by atoms with Gasteiger partial charge in [-0.1, -0.05) is 26.8 Å². The van der Waals surface area contributed by atoms with Crippen molar-refractivity contribution in [2.45, 2.75) is 39.7 Å². The van der Waals surface area contributed by atoms with Crippen molar-refractivity contribution in [3.63, 3.8) is 0 Å². The van der Waals surface area contributed by atoms with Crippen LogP contribution in [0, 0.1) is 6.92 Å². The van der Waals surface area contributed by atoms with Crippen LogP contribution in [-0.2, 0) is 16.8 Å². The first-order chi connectivity index (χ1) is 10.8. The molecule has 2 aromatic rings. The number of H-pyrrole nitrogens is 1. The van der Waals surface area contributed by atoms with Crippen molar-refractivity contribution in [1.29, 1.82) is 0 Å². The van der Waals surface area contributed by atoms with Gasteiger partial charge in [-0.15, -0.1) is 0 Å². The van der Waals surface area contributed by atoms with Crippen LogP contribution in [0.2, 0.25) is 0 Å². The highest BCUT2D eigenvalue weighted by Crippen LogP contribution is 2.24. The Labute approximate surface area is 137 Å². The van der Waals surface area contributed by atoms with Gasteiger partial charge in [-0.25, -0.2) is 4.98 Å². The molecular formula is C17H25N5O. The van der Waals surface area contributed by atoms with Crippen molar-refractivity contribution in [2.75, 3.05) is 18.9 Å². The lowest BCUT2D eigenvalue weighted by Gasteiger charge is -2.21. The number of carbonyl (C=O) groups is 1. The third kappa shape index (κ3) is 4.89. The zero-order valence-corrected chi connectivity index (χ0v) is 14.5. The number of pyridine rings is 1. The molecule has 0 unspecified atom stereocenters. The molecule has 124 valence electrons. The Morgan fingerprint density at radius 3 is 2.74 bits per heavy atom. The molecule has 2 rings (SSSR count). The summed E-state index contributed by atoms with van der Waals surface area (Å²) in [6.07, 6.45) is 1.83. The molecule has 23 heavy (non-hydrogen) atoms. The molecule has 0 saturated heterocycles. The molecule has 6 nitrogen and oxygen atoms in total. The minimum atomic E-state index is -0.0774. The number of nitrogens with one attached hydrogen (secondary N) is 2. The van der Waals surface area contributed by atoms with E-state index in [2.05, 4.69) is 41.3 Å². The minimum Gasteiger partial charge on any atom is -0.310 e. The lowest BCUT2D eigenvalue weighted by Crippen LogP contribution is -2.30. The van der Waals surface area contributed by atoms with Crippen molar-refractivity contribution in [1.82, 2.24) is 20.1 Å². The van der Waals surface area contributed by atoms with Gasteiger partial charge < -0.3 is 5.32 Å². The van der Waals surface area contributed by atoms with Gasteiger partial charge >= 0.3 is 0 Å². The number of anilines is 1. The summed E-state index contributed by atoms with van der Waals surface area (Å²) in [6, 6.07) is 5.57. The van der Waals surface area contributed by atoms with Gasteiger partial charge in [0.25, 0.3) is 0 Å². The maximum Gasteiger partial charge on any atom is 0.239 e. The number of aryl methyl sites for hydroxylation is 1. The average Bonchev–Trinajstić information content (AvgIpc) is 2.86. The van der Waals surface area contributed by atoms with Crippen molar-refractivity contribution >= 4 is 11.7 Å². The van der Waals surface area contributed by atoms with Crippen LogP contribution < -0.4 is 5.32 Å².